The molecule has 4 atom stereocenters. The summed E-state index contributed by atoms with van der Waals surface area (Å²) in [7, 11) is 0. The van der Waals surface area contributed by atoms with E-state index in [1.807, 2.05) is 0 Å². The largest absolute Gasteiger partial charge is 0.460 e. The van der Waals surface area contributed by atoms with E-state index in [0.29, 0.717) is 4.20 Å². The molecule has 98 valence electrons. The summed E-state index contributed by atoms with van der Waals surface area (Å²) in [5, 5.41) is 9.26. The average molecular weight is 287 g/mol. The maximum Gasteiger partial charge on any atom is 0.335 e. The third-order valence-electron chi connectivity index (χ3n) is 2.95. The summed E-state index contributed by atoms with van der Waals surface area (Å²) in [5.74, 6) is -1.26. The Morgan fingerprint density at radius 2 is 2.44 bits per heavy atom. The number of β-lactam (4-membered cyclic amide) rings is 1. The van der Waals surface area contributed by atoms with E-state index in [9.17, 15) is 14.7 Å². The van der Waals surface area contributed by atoms with E-state index in [1.165, 1.54) is 22.7 Å². The average Bonchev–Trinajstić information content (AvgIpc) is 2.59. The smallest absolute Gasteiger partial charge is 0.335 e. The molecule has 5 nitrogen and oxygen atoms in total. The molecule has 18 heavy (non-hydrogen) atoms. The molecule has 2 aliphatic heterocycles. The van der Waals surface area contributed by atoms with Crippen LogP contribution in [0.15, 0.2) is 12.7 Å². The van der Waals surface area contributed by atoms with Crippen molar-refractivity contribution >= 4 is 40.1 Å². The predicted octanol–water partition coefficient (Wildman–Crippen LogP) is 0.324. The summed E-state index contributed by atoms with van der Waals surface area (Å²) in [6.07, 6.45) is 0.717. The third kappa shape index (κ3) is 1.96. The molecular formula is C11H13NO4S2. The summed E-state index contributed by atoms with van der Waals surface area (Å²) >= 11 is 6.39. The number of aliphatic hydroxyl groups excluding tert-OH is 1. The molecule has 2 heterocycles. The van der Waals surface area contributed by atoms with Gasteiger partial charge in [0.1, 0.15) is 6.61 Å². The van der Waals surface area contributed by atoms with Crippen molar-refractivity contribution in [3.8, 4) is 0 Å². The predicted molar refractivity (Wildman–Crippen MR) is 70.9 cm³/mol. The van der Waals surface area contributed by atoms with Crippen LogP contribution in [0, 0.1) is 5.92 Å². The van der Waals surface area contributed by atoms with Crippen LogP contribution in [0.5, 0.6) is 0 Å². The monoisotopic (exact) mass is 287 g/mol. The molecule has 2 unspecified atom stereocenters. The number of nitrogens with zero attached hydrogens (tertiary/aromatic N) is 1. The van der Waals surface area contributed by atoms with Crippen LogP contribution in [0.25, 0.3) is 0 Å². The molecule has 0 aliphatic carbocycles. The highest BCUT2D eigenvalue weighted by Crippen LogP contribution is 2.46. The molecule has 2 saturated heterocycles. The zero-order chi connectivity index (χ0) is 13.4. The van der Waals surface area contributed by atoms with Crippen molar-refractivity contribution in [3.63, 3.8) is 0 Å². The second-order valence-corrected chi connectivity index (χ2v) is 6.02. The van der Waals surface area contributed by atoms with Gasteiger partial charge >= 0.3 is 5.97 Å². The van der Waals surface area contributed by atoms with Crippen molar-refractivity contribution in [1.82, 2.24) is 4.90 Å². The molecule has 7 heteroatoms. The Balaban J connectivity index is 2.11. The molecule has 0 radical (unpaired) electrons. The van der Waals surface area contributed by atoms with Gasteiger partial charge in [0.15, 0.2) is 6.04 Å². The van der Waals surface area contributed by atoms with Crippen LogP contribution in [-0.2, 0) is 14.3 Å². The second-order valence-electron chi connectivity index (χ2n) is 4.16. The molecule has 0 aromatic carbocycles. The Morgan fingerprint density at radius 1 is 1.78 bits per heavy atom. The first-order valence-electron chi connectivity index (χ1n) is 5.47. The van der Waals surface area contributed by atoms with Gasteiger partial charge in [-0.2, -0.15) is 0 Å². The highest BCUT2D eigenvalue weighted by atomic mass is 32.2. The van der Waals surface area contributed by atoms with Gasteiger partial charge in [-0.05, 0) is 6.92 Å². The minimum absolute atomic E-state index is 0.0924. The maximum atomic E-state index is 11.9. The lowest BCUT2D eigenvalue weighted by Gasteiger charge is -2.44. The zero-order valence-electron chi connectivity index (χ0n) is 9.74. The highest BCUT2D eigenvalue weighted by Gasteiger charge is 2.60. The summed E-state index contributed by atoms with van der Waals surface area (Å²) in [4.78, 5) is 25.1. The SMILES string of the molecule is C=CCOC(=O)C1C(=S)S[C@@H]2[C@@H](C(C)O)C(=O)N12. The van der Waals surface area contributed by atoms with E-state index in [-0.39, 0.29) is 17.9 Å². The first-order valence-corrected chi connectivity index (χ1v) is 6.76. The number of hydrogen-bond donors (Lipinski definition) is 1. The van der Waals surface area contributed by atoms with Crippen LogP contribution in [0.4, 0.5) is 0 Å². The van der Waals surface area contributed by atoms with E-state index in [0.717, 1.165) is 0 Å². The number of esters is 1. The van der Waals surface area contributed by atoms with Crippen LogP contribution >= 0.6 is 24.0 Å². The van der Waals surface area contributed by atoms with E-state index in [4.69, 9.17) is 17.0 Å². The van der Waals surface area contributed by atoms with E-state index < -0.39 is 24.0 Å². The third-order valence-corrected chi connectivity index (χ3v) is 4.68. The van der Waals surface area contributed by atoms with Gasteiger partial charge in [-0.15, -0.1) is 0 Å². The molecule has 0 bridgehead atoms. The van der Waals surface area contributed by atoms with Crippen LogP contribution in [0.2, 0.25) is 0 Å². The number of aliphatic hydroxyl groups is 1. The summed E-state index contributed by atoms with van der Waals surface area (Å²) in [6, 6.07) is -0.808. The van der Waals surface area contributed by atoms with Gasteiger partial charge in [-0.1, -0.05) is 36.6 Å². The van der Waals surface area contributed by atoms with Crippen molar-refractivity contribution in [3.05, 3.63) is 12.7 Å². The summed E-state index contributed by atoms with van der Waals surface area (Å²) < 4.78 is 5.35. The fourth-order valence-corrected chi connectivity index (χ4v) is 4.00. The Labute approximate surface area is 114 Å². The van der Waals surface area contributed by atoms with Crippen molar-refractivity contribution in [2.24, 2.45) is 5.92 Å². The first-order chi connectivity index (χ1) is 8.49. The lowest BCUT2D eigenvalue weighted by Crippen LogP contribution is -2.64. The molecule has 2 rings (SSSR count). The number of rotatable bonds is 4. The Hall–Kier alpha value is -0.920. The molecule has 0 aromatic rings. The first kappa shape index (κ1) is 13.5. The van der Waals surface area contributed by atoms with Crippen molar-refractivity contribution < 1.29 is 19.4 Å². The molecule has 2 fully saturated rings. The van der Waals surface area contributed by atoms with Gasteiger partial charge in [0.2, 0.25) is 5.91 Å². The molecule has 1 amide bonds. The van der Waals surface area contributed by atoms with Crippen LogP contribution in [0.3, 0.4) is 0 Å². The number of ether oxygens (including phenoxy) is 1. The summed E-state index contributed by atoms with van der Waals surface area (Å²) in [5.41, 5.74) is 0. The van der Waals surface area contributed by atoms with Gasteiger partial charge in [0.25, 0.3) is 0 Å². The van der Waals surface area contributed by atoms with Crippen LogP contribution < -0.4 is 0 Å². The van der Waals surface area contributed by atoms with E-state index >= 15 is 0 Å². The van der Waals surface area contributed by atoms with Gasteiger partial charge in [-0.25, -0.2) is 4.79 Å². The normalized spacial score (nSPS) is 31.7. The van der Waals surface area contributed by atoms with E-state index in [1.54, 1.807) is 6.92 Å². The maximum absolute atomic E-state index is 11.9. The number of hydrogen-bond acceptors (Lipinski definition) is 6. The standard InChI is InChI=1S/C11H13NO4S2/c1-3-4-16-10(15)7-11(17)18-9-6(5(2)13)8(14)12(7)9/h3,5-7,9,13H,1,4H2,2H3/t5?,6-,7?,9+/m0/s1. The second kappa shape index (κ2) is 4.99. The number of amides is 1. The molecule has 0 saturated carbocycles. The van der Waals surface area contributed by atoms with Gasteiger partial charge in [-0.3, -0.25) is 4.79 Å². The lowest BCUT2D eigenvalue weighted by atomic mass is 9.91. The van der Waals surface area contributed by atoms with Crippen molar-refractivity contribution in [2.45, 2.75) is 24.4 Å². The molecule has 0 aromatic heterocycles. The fourth-order valence-electron chi connectivity index (χ4n) is 2.09. The van der Waals surface area contributed by atoms with Gasteiger partial charge < -0.3 is 14.7 Å². The number of fused-ring (bicyclic) bond motifs is 1. The fraction of sp³-hybridized carbons (Fsp3) is 0.545. The van der Waals surface area contributed by atoms with Crippen LogP contribution in [-0.4, -0.2) is 50.2 Å². The summed E-state index contributed by atoms with van der Waals surface area (Å²) in [6.45, 7) is 5.10. The minimum Gasteiger partial charge on any atom is -0.460 e. The zero-order valence-corrected chi connectivity index (χ0v) is 11.4. The number of thioether (sulfide) groups is 1. The number of thiocarbonyl (C=S) groups is 1. The molecule has 1 N–H and O–H groups in total. The topological polar surface area (TPSA) is 66.8 Å². The Kier molecular flexibility index (Phi) is 3.74. The quantitative estimate of drug-likeness (QED) is 0.348. The molecular weight excluding hydrogens is 274 g/mol. The van der Waals surface area contributed by atoms with Crippen molar-refractivity contribution in [1.29, 1.82) is 0 Å². The van der Waals surface area contributed by atoms with E-state index in [2.05, 4.69) is 6.58 Å². The Bertz CT molecular complexity index is 423. The van der Waals surface area contributed by atoms with Crippen LogP contribution in [0.1, 0.15) is 6.92 Å². The molecule has 2 aliphatic rings. The number of carbonyl (C=O) groups is 2. The lowest BCUT2D eigenvalue weighted by molar-refractivity contribution is -0.166. The van der Waals surface area contributed by atoms with Crippen molar-refractivity contribution in [2.75, 3.05) is 6.61 Å². The van der Waals surface area contributed by atoms with Gasteiger partial charge in [0, 0.05) is 0 Å². The Morgan fingerprint density at radius 3 is 3.00 bits per heavy atom. The number of carbonyl (C=O) groups excluding carboxylic acids is 2. The minimum atomic E-state index is -0.808. The highest BCUT2D eigenvalue weighted by molar-refractivity contribution is 8.24. The van der Waals surface area contributed by atoms with Gasteiger partial charge in [0.05, 0.1) is 21.6 Å². The molecule has 0 spiro atoms.